The van der Waals surface area contributed by atoms with Crippen molar-refractivity contribution >= 4 is 11.5 Å². The molecule has 1 saturated carbocycles. The number of alkyl halides is 5. The van der Waals surface area contributed by atoms with Gasteiger partial charge >= 0.3 is 18.6 Å². The van der Waals surface area contributed by atoms with Crippen molar-refractivity contribution in [3.8, 4) is 5.75 Å². The van der Waals surface area contributed by atoms with Crippen molar-refractivity contribution in [2.24, 2.45) is 11.8 Å². The van der Waals surface area contributed by atoms with Crippen LogP contribution < -0.4 is 9.64 Å². The summed E-state index contributed by atoms with van der Waals surface area (Å²) in [7, 11) is 0. The van der Waals surface area contributed by atoms with Crippen LogP contribution in [0.25, 0.3) is 4.85 Å². The van der Waals surface area contributed by atoms with Gasteiger partial charge in [-0.05, 0) is 24.3 Å². The minimum absolute atomic E-state index is 0.0204. The predicted molar refractivity (Wildman–Crippen MR) is 71.9 cm³/mol. The molecule has 0 aromatic carbocycles. The molecule has 2 fully saturated rings. The van der Waals surface area contributed by atoms with Crippen LogP contribution in [0.5, 0.6) is 5.75 Å². The van der Waals surface area contributed by atoms with Gasteiger partial charge in [0.2, 0.25) is 0 Å². The lowest BCUT2D eigenvalue weighted by atomic mass is 10.1. The van der Waals surface area contributed by atoms with Gasteiger partial charge in [-0.25, -0.2) is 0 Å². The van der Waals surface area contributed by atoms with Gasteiger partial charge in [0.05, 0.1) is 11.7 Å². The third-order valence-electron chi connectivity index (χ3n) is 4.34. The number of aliphatic hydroxyl groups is 1. The Labute approximate surface area is 133 Å². The van der Waals surface area contributed by atoms with E-state index >= 15 is 0 Å². The molecule has 24 heavy (non-hydrogen) atoms. The molecule has 0 radical (unpaired) electrons. The number of pyridine rings is 1. The number of nitrogens with zero attached hydrogens (tertiary/aromatic N) is 3. The molecular weight excluding hydrogens is 337 g/mol. The maximum Gasteiger partial charge on any atom is 0.416 e. The Balaban J connectivity index is 1.92. The quantitative estimate of drug-likeness (QED) is 0.671. The summed E-state index contributed by atoms with van der Waals surface area (Å²) in [5.74, 6) is -1.19. The van der Waals surface area contributed by atoms with Crippen LogP contribution in [0.3, 0.4) is 0 Å². The first-order valence-corrected chi connectivity index (χ1v) is 7.06. The van der Waals surface area contributed by atoms with E-state index in [2.05, 4.69) is 14.6 Å². The number of fused-ring (bicyclic) bond motifs is 1. The zero-order valence-electron chi connectivity index (χ0n) is 12.0. The van der Waals surface area contributed by atoms with Gasteiger partial charge in [0.1, 0.15) is 6.20 Å². The van der Waals surface area contributed by atoms with Gasteiger partial charge in [0, 0.05) is 6.54 Å². The highest BCUT2D eigenvalue weighted by Crippen LogP contribution is 2.53. The number of hydrogen-bond donors (Lipinski definition) is 1. The first-order valence-electron chi connectivity index (χ1n) is 7.06. The zero-order valence-corrected chi connectivity index (χ0v) is 12.0. The molecule has 1 aromatic heterocycles. The highest BCUT2D eigenvalue weighted by atomic mass is 19.4. The Morgan fingerprint density at radius 2 is 2.12 bits per heavy atom. The average Bonchev–Trinajstić information content (AvgIpc) is 3.16. The smallest absolute Gasteiger partial charge is 0.416 e. The number of rotatable bonds is 4. The summed E-state index contributed by atoms with van der Waals surface area (Å²) >= 11 is 0. The van der Waals surface area contributed by atoms with Crippen molar-refractivity contribution in [2.75, 3.05) is 11.4 Å². The van der Waals surface area contributed by atoms with E-state index in [1.165, 1.54) is 4.90 Å². The third-order valence-corrected chi connectivity index (χ3v) is 4.34. The van der Waals surface area contributed by atoms with E-state index in [0.29, 0.717) is 6.42 Å². The van der Waals surface area contributed by atoms with Crippen molar-refractivity contribution < 1.29 is 31.8 Å². The number of aromatic nitrogens is 1. The number of halogens is 5. The molecule has 0 unspecified atom stereocenters. The fraction of sp³-hybridized carbons (Fsp3) is 0.571. The van der Waals surface area contributed by atoms with Crippen LogP contribution in [-0.2, 0) is 0 Å². The first-order chi connectivity index (χ1) is 11.2. The second kappa shape index (κ2) is 5.73. The van der Waals surface area contributed by atoms with Crippen LogP contribution in [0, 0.1) is 18.4 Å². The third kappa shape index (κ3) is 2.96. The van der Waals surface area contributed by atoms with Crippen LogP contribution in [-0.4, -0.2) is 41.6 Å². The van der Waals surface area contributed by atoms with Crippen molar-refractivity contribution in [1.29, 1.82) is 0 Å². The van der Waals surface area contributed by atoms with Crippen LogP contribution in [0.2, 0.25) is 0 Å². The summed E-state index contributed by atoms with van der Waals surface area (Å²) in [5.41, 5.74) is 0.110. The van der Waals surface area contributed by atoms with Crippen molar-refractivity contribution in [1.82, 2.24) is 4.98 Å². The molecule has 4 atom stereocenters. The van der Waals surface area contributed by atoms with E-state index < -0.39 is 36.5 Å². The fourth-order valence-electron chi connectivity index (χ4n) is 3.23. The normalized spacial score (nSPS) is 26.9. The molecule has 2 aliphatic rings. The van der Waals surface area contributed by atoms with Gasteiger partial charge in [-0.2, -0.15) is 22.0 Å². The molecule has 10 heteroatoms. The van der Waals surface area contributed by atoms with Crippen LogP contribution in [0.4, 0.5) is 33.5 Å². The van der Waals surface area contributed by atoms with Crippen LogP contribution in [0.15, 0.2) is 12.3 Å². The SMILES string of the molecule is [C-]#[N+]c1ncc(N2C[C@@H]3C[C@@H]3[C@@H]2[C@H](O)C(F)(F)F)cc1OC(F)F. The maximum absolute atomic E-state index is 12.9. The maximum atomic E-state index is 12.9. The van der Waals surface area contributed by atoms with E-state index in [1.807, 2.05) is 0 Å². The number of aliphatic hydroxyl groups excluding tert-OH is 1. The average molecular weight is 349 g/mol. The lowest BCUT2D eigenvalue weighted by Crippen LogP contribution is -2.49. The standard InChI is InChI=1S/C14H12F5N3O2/c1-20-12-9(24-13(15)16)3-7(4-21-12)22-5-6-2-8(6)10(22)11(23)14(17,18)19/h3-4,6,8,10-11,13,23H,2,5H2/t6-,8-,10+,11-/m0/s1. The lowest BCUT2D eigenvalue weighted by molar-refractivity contribution is -0.210. The summed E-state index contributed by atoms with van der Waals surface area (Å²) < 4.78 is 67.7. The van der Waals surface area contributed by atoms with E-state index in [-0.39, 0.29) is 24.1 Å². The number of ether oxygens (including phenoxy) is 1. The molecule has 3 rings (SSSR count). The monoisotopic (exact) mass is 349 g/mol. The van der Waals surface area contributed by atoms with Gasteiger partial charge in [0.15, 0.2) is 11.9 Å². The molecule has 0 bridgehead atoms. The Hall–Kier alpha value is -2.15. The van der Waals surface area contributed by atoms with E-state index in [9.17, 15) is 27.1 Å². The minimum Gasteiger partial charge on any atom is -0.445 e. The fourth-order valence-corrected chi connectivity index (χ4v) is 3.23. The summed E-state index contributed by atoms with van der Waals surface area (Å²) in [6, 6.07) is -0.136. The molecule has 1 aliphatic carbocycles. The molecular formula is C14H12F5N3O2. The molecule has 1 aromatic rings. The predicted octanol–water partition coefficient (Wildman–Crippen LogP) is 2.98. The van der Waals surface area contributed by atoms with Crippen molar-refractivity contribution in [3.05, 3.63) is 23.7 Å². The van der Waals surface area contributed by atoms with E-state index in [0.717, 1.165) is 12.3 Å². The second-order valence-corrected chi connectivity index (χ2v) is 5.79. The van der Waals surface area contributed by atoms with Gasteiger partial charge in [-0.1, -0.05) is 6.57 Å². The summed E-state index contributed by atoms with van der Waals surface area (Å²) in [6.07, 6.45) is -5.61. The van der Waals surface area contributed by atoms with Crippen LogP contribution in [0.1, 0.15) is 6.42 Å². The van der Waals surface area contributed by atoms with E-state index in [1.54, 1.807) is 0 Å². The van der Waals surface area contributed by atoms with Crippen molar-refractivity contribution in [2.45, 2.75) is 31.4 Å². The molecule has 5 nitrogen and oxygen atoms in total. The Morgan fingerprint density at radius 3 is 2.71 bits per heavy atom. The number of anilines is 1. The topological polar surface area (TPSA) is 50.0 Å². The second-order valence-electron chi connectivity index (χ2n) is 5.79. The molecule has 0 amide bonds. The molecule has 0 spiro atoms. The number of piperidine rings is 1. The summed E-state index contributed by atoms with van der Waals surface area (Å²) in [5, 5.41) is 9.64. The van der Waals surface area contributed by atoms with Crippen LogP contribution >= 0.6 is 0 Å². The van der Waals surface area contributed by atoms with E-state index in [4.69, 9.17) is 6.57 Å². The molecule has 1 N–H and O–H groups in total. The highest BCUT2D eigenvalue weighted by molar-refractivity contribution is 5.61. The molecule has 1 aliphatic heterocycles. The molecule has 2 heterocycles. The highest BCUT2D eigenvalue weighted by Gasteiger charge is 2.60. The number of hydrogen-bond acceptors (Lipinski definition) is 4. The van der Waals surface area contributed by atoms with Gasteiger partial charge < -0.3 is 19.6 Å². The summed E-state index contributed by atoms with van der Waals surface area (Å²) in [6.45, 7) is 3.94. The Kier molecular flexibility index (Phi) is 3.99. The Morgan fingerprint density at radius 1 is 1.42 bits per heavy atom. The van der Waals surface area contributed by atoms with Gasteiger partial charge in [0.25, 0.3) is 0 Å². The lowest BCUT2D eigenvalue weighted by Gasteiger charge is -2.33. The van der Waals surface area contributed by atoms with Crippen molar-refractivity contribution in [3.63, 3.8) is 0 Å². The molecule has 1 saturated heterocycles. The first kappa shape index (κ1) is 16.7. The van der Waals surface area contributed by atoms with Gasteiger partial charge in [-0.15, -0.1) is 4.98 Å². The Bertz CT molecular complexity index is 675. The van der Waals surface area contributed by atoms with Gasteiger partial charge in [-0.3, -0.25) is 0 Å². The minimum atomic E-state index is -4.79. The molecule has 130 valence electrons. The summed E-state index contributed by atoms with van der Waals surface area (Å²) in [4.78, 5) is 7.92. The largest absolute Gasteiger partial charge is 0.445 e. The zero-order chi connectivity index (χ0) is 17.6.